The molecule has 1 aromatic carbocycles. The molecular formula is C18H21IN2O2. The van der Waals surface area contributed by atoms with Crippen molar-refractivity contribution in [3.8, 4) is 5.75 Å². The predicted octanol–water partition coefficient (Wildman–Crippen LogP) is 4.53. The highest BCUT2D eigenvalue weighted by Crippen LogP contribution is 2.21. The third-order valence-corrected chi connectivity index (χ3v) is 4.32. The Morgan fingerprint density at radius 3 is 2.65 bits per heavy atom. The second-order valence-corrected chi connectivity index (χ2v) is 6.78. The summed E-state index contributed by atoms with van der Waals surface area (Å²) in [6, 6.07) is 9.88. The number of halogens is 1. The lowest BCUT2D eigenvalue weighted by molar-refractivity contribution is -0.118. The van der Waals surface area contributed by atoms with Gasteiger partial charge in [0.05, 0.1) is 0 Å². The third-order valence-electron chi connectivity index (χ3n) is 3.73. The van der Waals surface area contributed by atoms with Gasteiger partial charge in [-0.2, -0.15) is 0 Å². The number of aryl methyl sites for hydroxylation is 1. The van der Waals surface area contributed by atoms with E-state index >= 15 is 0 Å². The summed E-state index contributed by atoms with van der Waals surface area (Å²) in [4.78, 5) is 16.2. The number of aromatic nitrogens is 1. The zero-order valence-corrected chi connectivity index (χ0v) is 15.8. The lowest BCUT2D eigenvalue weighted by Gasteiger charge is -2.11. The molecule has 1 amide bonds. The second-order valence-electron chi connectivity index (χ2n) is 5.53. The summed E-state index contributed by atoms with van der Waals surface area (Å²) in [5, 5.41) is 2.77. The van der Waals surface area contributed by atoms with Crippen LogP contribution in [0, 0.1) is 10.5 Å². The van der Waals surface area contributed by atoms with Crippen LogP contribution >= 0.6 is 22.6 Å². The van der Waals surface area contributed by atoms with Crippen LogP contribution in [0.25, 0.3) is 0 Å². The third kappa shape index (κ3) is 5.20. The molecule has 0 fully saturated rings. The number of anilines is 1. The van der Waals surface area contributed by atoms with Crippen LogP contribution in [0.3, 0.4) is 0 Å². The first-order chi connectivity index (χ1) is 11.0. The highest BCUT2D eigenvalue weighted by molar-refractivity contribution is 14.1. The van der Waals surface area contributed by atoms with E-state index < -0.39 is 0 Å². The van der Waals surface area contributed by atoms with Gasteiger partial charge in [-0.3, -0.25) is 4.79 Å². The Balaban J connectivity index is 1.89. The molecule has 1 N–H and O–H groups in total. The average Bonchev–Trinajstić information content (AvgIpc) is 2.55. The number of pyridine rings is 1. The summed E-state index contributed by atoms with van der Waals surface area (Å²) in [5.41, 5.74) is 2.21. The monoisotopic (exact) mass is 424 g/mol. The number of hydrogen-bond donors (Lipinski definition) is 1. The van der Waals surface area contributed by atoms with E-state index in [0.29, 0.717) is 17.5 Å². The van der Waals surface area contributed by atoms with Gasteiger partial charge < -0.3 is 10.1 Å². The van der Waals surface area contributed by atoms with Crippen LogP contribution in [0.5, 0.6) is 5.75 Å². The quantitative estimate of drug-likeness (QED) is 0.694. The van der Waals surface area contributed by atoms with E-state index in [4.69, 9.17) is 4.74 Å². The van der Waals surface area contributed by atoms with E-state index in [1.165, 1.54) is 5.56 Å². The Labute approximate surface area is 150 Å². The van der Waals surface area contributed by atoms with Crippen molar-refractivity contribution in [1.82, 2.24) is 4.98 Å². The number of amides is 1. The molecule has 2 rings (SSSR count). The molecule has 0 spiro atoms. The zero-order chi connectivity index (χ0) is 16.8. The Morgan fingerprint density at radius 1 is 1.35 bits per heavy atom. The number of carbonyl (C=O) groups excluding carboxylic acids is 1. The van der Waals surface area contributed by atoms with E-state index in [2.05, 4.69) is 46.7 Å². The number of benzene rings is 1. The first-order valence-electron chi connectivity index (χ1n) is 7.64. The molecule has 0 unspecified atom stereocenters. The minimum atomic E-state index is -0.215. The van der Waals surface area contributed by atoms with Crippen molar-refractivity contribution in [3.63, 3.8) is 0 Å². The van der Waals surface area contributed by atoms with Crippen LogP contribution in [-0.2, 0) is 4.79 Å². The van der Waals surface area contributed by atoms with Crippen molar-refractivity contribution in [2.24, 2.45) is 0 Å². The van der Waals surface area contributed by atoms with Gasteiger partial charge in [-0.05, 0) is 71.2 Å². The lowest BCUT2D eigenvalue weighted by Crippen LogP contribution is -2.21. The number of carbonyl (C=O) groups is 1. The Morgan fingerprint density at radius 2 is 2.04 bits per heavy atom. The molecule has 0 aliphatic rings. The molecule has 1 atom stereocenters. The second kappa shape index (κ2) is 8.29. The first kappa shape index (κ1) is 17.7. The first-order valence-corrected chi connectivity index (χ1v) is 8.72. The lowest BCUT2D eigenvalue weighted by atomic mass is 9.99. The average molecular weight is 424 g/mol. The minimum absolute atomic E-state index is 0.0320. The zero-order valence-electron chi connectivity index (χ0n) is 13.6. The molecule has 122 valence electrons. The van der Waals surface area contributed by atoms with Gasteiger partial charge in [-0.1, -0.05) is 26.0 Å². The van der Waals surface area contributed by atoms with Crippen LogP contribution in [0.4, 0.5) is 5.82 Å². The molecule has 1 aromatic heterocycles. The van der Waals surface area contributed by atoms with Crippen molar-refractivity contribution >= 4 is 34.3 Å². The fourth-order valence-corrected chi connectivity index (χ4v) is 2.72. The van der Waals surface area contributed by atoms with Crippen molar-refractivity contribution < 1.29 is 9.53 Å². The summed E-state index contributed by atoms with van der Waals surface area (Å²) >= 11 is 2.19. The Bertz CT molecular complexity index is 671. The molecule has 0 aliphatic heterocycles. The van der Waals surface area contributed by atoms with Gasteiger partial charge in [0.1, 0.15) is 11.6 Å². The molecule has 0 saturated heterocycles. The van der Waals surface area contributed by atoms with Crippen molar-refractivity contribution in [2.45, 2.75) is 33.1 Å². The Hall–Kier alpha value is -1.63. The molecule has 0 saturated carbocycles. The molecule has 4 nitrogen and oxygen atoms in total. The number of hydrogen-bond acceptors (Lipinski definition) is 3. The van der Waals surface area contributed by atoms with Gasteiger partial charge in [0, 0.05) is 9.77 Å². The number of rotatable bonds is 6. The highest BCUT2D eigenvalue weighted by atomic mass is 127. The standard InChI is InChI=1S/C18H21IN2O2/c1-4-12(2)14-5-7-16(8-6-14)23-11-17(22)21-18-13(3)9-15(19)10-20-18/h5-10,12H,4,11H2,1-3H3,(H,20,21,22)/t12-/m1/s1. The van der Waals surface area contributed by atoms with Crippen molar-refractivity contribution in [1.29, 1.82) is 0 Å². The number of nitrogens with zero attached hydrogens (tertiary/aromatic N) is 1. The van der Waals surface area contributed by atoms with Crippen LogP contribution in [0.15, 0.2) is 36.5 Å². The summed E-state index contributed by atoms with van der Waals surface area (Å²) in [6.45, 7) is 6.24. The normalized spacial score (nSPS) is 11.8. The van der Waals surface area contributed by atoms with E-state index in [1.54, 1.807) is 6.20 Å². The maximum absolute atomic E-state index is 12.0. The van der Waals surface area contributed by atoms with Gasteiger partial charge >= 0.3 is 0 Å². The summed E-state index contributed by atoms with van der Waals surface area (Å²) in [7, 11) is 0. The molecule has 0 bridgehead atoms. The van der Waals surface area contributed by atoms with Gasteiger partial charge in [-0.15, -0.1) is 0 Å². The van der Waals surface area contributed by atoms with Crippen molar-refractivity contribution in [3.05, 3.63) is 51.2 Å². The molecule has 0 radical (unpaired) electrons. The van der Waals surface area contributed by atoms with E-state index in [0.717, 1.165) is 15.6 Å². The van der Waals surface area contributed by atoms with Gasteiger partial charge in [0.15, 0.2) is 6.61 Å². The molecule has 0 aliphatic carbocycles. The smallest absolute Gasteiger partial charge is 0.263 e. The van der Waals surface area contributed by atoms with Gasteiger partial charge in [0.25, 0.3) is 5.91 Å². The van der Waals surface area contributed by atoms with Crippen molar-refractivity contribution in [2.75, 3.05) is 11.9 Å². The van der Waals surface area contributed by atoms with Gasteiger partial charge in [-0.25, -0.2) is 4.98 Å². The van der Waals surface area contributed by atoms with Gasteiger partial charge in [0.2, 0.25) is 0 Å². The Kier molecular flexibility index (Phi) is 6.38. The van der Waals surface area contributed by atoms with Crippen LogP contribution in [0.2, 0.25) is 0 Å². The predicted molar refractivity (Wildman–Crippen MR) is 101 cm³/mol. The minimum Gasteiger partial charge on any atom is -0.484 e. The summed E-state index contributed by atoms with van der Waals surface area (Å²) < 4.78 is 6.57. The molecular weight excluding hydrogens is 403 g/mol. The maximum atomic E-state index is 12.0. The molecule has 1 heterocycles. The highest BCUT2D eigenvalue weighted by Gasteiger charge is 2.08. The fourth-order valence-electron chi connectivity index (χ4n) is 2.12. The van der Waals surface area contributed by atoms with Crippen LogP contribution in [-0.4, -0.2) is 17.5 Å². The maximum Gasteiger partial charge on any atom is 0.263 e. The summed E-state index contributed by atoms with van der Waals surface area (Å²) in [5.74, 6) is 1.58. The van der Waals surface area contributed by atoms with Crippen LogP contribution < -0.4 is 10.1 Å². The topological polar surface area (TPSA) is 51.2 Å². The SMILES string of the molecule is CC[C@@H](C)c1ccc(OCC(=O)Nc2ncc(I)cc2C)cc1. The van der Waals surface area contributed by atoms with E-state index in [-0.39, 0.29) is 12.5 Å². The number of ether oxygens (including phenoxy) is 1. The molecule has 2 aromatic rings. The number of nitrogens with one attached hydrogen (secondary N) is 1. The summed E-state index contributed by atoms with van der Waals surface area (Å²) in [6.07, 6.45) is 2.82. The van der Waals surface area contributed by atoms with E-state index in [1.807, 2.05) is 37.3 Å². The fraction of sp³-hybridized carbons (Fsp3) is 0.333. The molecule has 5 heteroatoms. The molecule has 23 heavy (non-hydrogen) atoms. The largest absolute Gasteiger partial charge is 0.484 e. The van der Waals surface area contributed by atoms with Crippen LogP contribution in [0.1, 0.15) is 37.3 Å². The van der Waals surface area contributed by atoms with E-state index in [9.17, 15) is 4.79 Å².